The van der Waals surface area contributed by atoms with Gasteiger partial charge in [-0.1, -0.05) is 90.3 Å². The summed E-state index contributed by atoms with van der Waals surface area (Å²) in [5.41, 5.74) is 6.76. The lowest BCUT2D eigenvalue weighted by Gasteiger charge is -2.16. The minimum absolute atomic E-state index is 0.279. The van der Waals surface area contributed by atoms with Crippen molar-refractivity contribution < 1.29 is 14.3 Å². The summed E-state index contributed by atoms with van der Waals surface area (Å²) in [5, 5.41) is 9.12. The first-order chi connectivity index (χ1) is 22.3. The van der Waals surface area contributed by atoms with Crippen LogP contribution in [0.25, 0.3) is 0 Å². The number of carbonyl (C=O) groups is 2. The number of rotatable bonds is 13. The Bertz CT molecular complexity index is 1360. The van der Waals surface area contributed by atoms with Crippen LogP contribution in [0.1, 0.15) is 52.0 Å². The predicted molar refractivity (Wildman–Crippen MR) is 197 cm³/mol. The molecule has 0 saturated heterocycles. The first-order valence-corrected chi connectivity index (χ1v) is 16.5. The summed E-state index contributed by atoms with van der Waals surface area (Å²) in [6, 6.07) is 34.7. The summed E-state index contributed by atoms with van der Waals surface area (Å²) in [4.78, 5) is 20.6. The van der Waals surface area contributed by atoms with Crippen molar-refractivity contribution in [1.82, 2.24) is 16.0 Å². The summed E-state index contributed by atoms with van der Waals surface area (Å²) in [5.74, 6) is 0.874. The van der Waals surface area contributed by atoms with Gasteiger partial charge < -0.3 is 25.0 Å². The van der Waals surface area contributed by atoms with Gasteiger partial charge in [0.25, 0.3) is 0 Å². The molecule has 1 unspecified atom stereocenters. The third-order valence-electron chi connectivity index (χ3n) is 6.65. The Hall–Kier alpha value is -4.11. The Labute approximate surface area is 281 Å². The SMILES string of the molecule is CNCc1ccccc1.COc1cccc(C(C)NCCCNC=O)c1.CSN(C)c1cc(C)cc(C=O)c1.Cc1ccccc1. The molecule has 0 heterocycles. The normalized spacial score (nSPS) is 10.3. The van der Waals surface area contributed by atoms with Crippen LogP contribution in [-0.2, 0) is 11.3 Å². The van der Waals surface area contributed by atoms with Gasteiger partial charge in [-0.3, -0.25) is 9.59 Å². The van der Waals surface area contributed by atoms with Gasteiger partial charge in [-0.05, 0) is 87.8 Å². The Morgan fingerprint density at radius 3 is 2.07 bits per heavy atom. The van der Waals surface area contributed by atoms with Crippen LogP contribution in [0.15, 0.2) is 103 Å². The molecule has 4 rings (SSSR count). The van der Waals surface area contributed by atoms with Crippen LogP contribution in [-0.4, -0.2) is 53.2 Å². The second-order valence-corrected chi connectivity index (χ2v) is 11.4. The van der Waals surface area contributed by atoms with Crippen LogP contribution in [0.5, 0.6) is 5.75 Å². The largest absolute Gasteiger partial charge is 0.497 e. The van der Waals surface area contributed by atoms with E-state index in [1.165, 1.54) is 16.7 Å². The number of nitrogens with one attached hydrogen (secondary N) is 3. The van der Waals surface area contributed by atoms with Crippen LogP contribution in [0, 0.1) is 13.8 Å². The molecule has 7 nitrogen and oxygen atoms in total. The zero-order chi connectivity index (χ0) is 34.0. The van der Waals surface area contributed by atoms with Crippen molar-refractivity contribution >= 4 is 30.3 Å². The number of carbonyl (C=O) groups excluding carboxylic acids is 2. The molecule has 3 N–H and O–H groups in total. The number of hydrogen-bond acceptors (Lipinski definition) is 7. The van der Waals surface area contributed by atoms with Gasteiger partial charge in [0.2, 0.25) is 6.41 Å². The number of ether oxygens (including phenoxy) is 1. The Kier molecular flexibility index (Phi) is 21.8. The van der Waals surface area contributed by atoms with Crippen molar-refractivity contribution in [2.45, 2.75) is 39.8 Å². The third-order valence-corrected chi connectivity index (χ3v) is 7.41. The van der Waals surface area contributed by atoms with Crippen molar-refractivity contribution in [2.75, 3.05) is 44.9 Å². The molecule has 0 aliphatic carbocycles. The van der Waals surface area contributed by atoms with E-state index >= 15 is 0 Å². The monoisotopic (exact) mass is 644 g/mol. The van der Waals surface area contributed by atoms with E-state index in [-0.39, 0.29) is 6.04 Å². The van der Waals surface area contributed by atoms with Gasteiger partial charge in [0.1, 0.15) is 12.0 Å². The summed E-state index contributed by atoms with van der Waals surface area (Å²) >= 11 is 1.62. The quantitative estimate of drug-likeness (QED) is 0.0795. The van der Waals surface area contributed by atoms with Crippen LogP contribution < -0.4 is 25.0 Å². The highest BCUT2D eigenvalue weighted by molar-refractivity contribution is 7.99. The average molecular weight is 645 g/mol. The maximum Gasteiger partial charge on any atom is 0.207 e. The van der Waals surface area contributed by atoms with Gasteiger partial charge >= 0.3 is 0 Å². The van der Waals surface area contributed by atoms with Gasteiger partial charge in [0.15, 0.2) is 0 Å². The van der Waals surface area contributed by atoms with E-state index in [4.69, 9.17) is 4.74 Å². The van der Waals surface area contributed by atoms with Crippen LogP contribution in [0.3, 0.4) is 0 Å². The van der Waals surface area contributed by atoms with Gasteiger partial charge in [0, 0.05) is 43.7 Å². The lowest BCUT2D eigenvalue weighted by atomic mass is 10.1. The van der Waals surface area contributed by atoms with E-state index in [1.807, 2.05) is 98.3 Å². The molecular weight excluding hydrogens is 593 g/mol. The van der Waals surface area contributed by atoms with Crippen LogP contribution >= 0.6 is 11.9 Å². The molecule has 248 valence electrons. The number of methoxy groups -OCH3 is 1. The maximum absolute atomic E-state index is 10.6. The van der Waals surface area contributed by atoms with E-state index in [1.54, 1.807) is 19.1 Å². The first kappa shape index (κ1) is 39.9. The highest BCUT2D eigenvalue weighted by Gasteiger charge is 2.05. The summed E-state index contributed by atoms with van der Waals surface area (Å²) in [6.45, 7) is 8.73. The fourth-order valence-electron chi connectivity index (χ4n) is 4.08. The molecule has 46 heavy (non-hydrogen) atoms. The maximum atomic E-state index is 10.6. The third kappa shape index (κ3) is 18.0. The highest BCUT2D eigenvalue weighted by atomic mass is 32.2. The van der Waals surface area contributed by atoms with Gasteiger partial charge in [0.05, 0.1) is 7.11 Å². The van der Waals surface area contributed by atoms with E-state index in [0.717, 1.165) is 54.8 Å². The smallest absolute Gasteiger partial charge is 0.207 e. The van der Waals surface area contributed by atoms with Crippen molar-refractivity contribution in [2.24, 2.45) is 0 Å². The molecule has 0 saturated carbocycles. The first-order valence-electron chi connectivity index (χ1n) is 15.4. The lowest BCUT2D eigenvalue weighted by molar-refractivity contribution is -0.109. The fourth-order valence-corrected chi connectivity index (χ4v) is 4.39. The number of anilines is 1. The average Bonchev–Trinajstić information content (AvgIpc) is 3.09. The number of aldehydes is 1. The Balaban J connectivity index is 0.000000323. The molecule has 0 aliphatic heterocycles. The zero-order valence-electron chi connectivity index (χ0n) is 28.5. The van der Waals surface area contributed by atoms with Gasteiger partial charge in [-0.15, -0.1) is 0 Å². The molecule has 0 aromatic heterocycles. The summed E-state index contributed by atoms with van der Waals surface area (Å²) in [6.07, 6.45) is 4.53. The Morgan fingerprint density at radius 2 is 1.52 bits per heavy atom. The molecule has 0 aliphatic rings. The molecule has 0 spiro atoms. The second-order valence-electron chi connectivity index (χ2n) is 10.4. The van der Waals surface area contributed by atoms with Gasteiger partial charge in [-0.25, -0.2) is 0 Å². The van der Waals surface area contributed by atoms with Crippen molar-refractivity contribution in [3.05, 3.63) is 131 Å². The number of nitrogens with zero attached hydrogens (tertiary/aromatic N) is 1. The lowest BCUT2D eigenvalue weighted by Crippen LogP contribution is -2.23. The van der Waals surface area contributed by atoms with E-state index in [9.17, 15) is 9.59 Å². The highest BCUT2D eigenvalue weighted by Crippen LogP contribution is 2.21. The molecule has 0 bridgehead atoms. The van der Waals surface area contributed by atoms with Crippen molar-refractivity contribution in [1.29, 1.82) is 0 Å². The van der Waals surface area contributed by atoms with Crippen molar-refractivity contribution in [3.8, 4) is 5.75 Å². The molecule has 4 aromatic rings. The standard InChI is InChI=1S/C13H20N2O2.C10H13NOS.C8H11N.C7H8/c1-11(15-8-4-7-14-10-16)12-5-3-6-13(9-12)17-2;1-8-4-9(7-12)6-10(5-8)11(2)13-3;1-9-7-8-5-3-2-4-6-8;1-7-5-3-2-4-6-7/h3,5-6,9-11,15H,4,7-8H2,1-2H3,(H,14,16);4-7H,1-3H3;2-6,9H,7H2,1H3;2-6H,1H3. The minimum atomic E-state index is 0.279. The molecular formula is C38H52N4O3S. The number of hydrogen-bond donors (Lipinski definition) is 3. The zero-order valence-corrected chi connectivity index (χ0v) is 29.3. The van der Waals surface area contributed by atoms with E-state index in [0.29, 0.717) is 6.54 Å². The van der Waals surface area contributed by atoms with Crippen LogP contribution in [0.4, 0.5) is 5.69 Å². The van der Waals surface area contributed by atoms with Gasteiger partial charge in [-0.2, -0.15) is 0 Å². The number of amides is 1. The fraction of sp³-hybridized carbons (Fsp3) is 0.316. The van der Waals surface area contributed by atoms with Crippen molar-refractivity contribution in [3.63, 3.8) is 0 Å². The Morgan fingerprint density at radius 1 is 0.848 bits per heavy atom. The topological polar surface area (TPSA) is 82.7 Å². The van der Waals surface area contributed by atoms with E-state index < -0.39 is 0 Å². The molecule has 8 heteroatoms. The number of aryl methyl sites for hydroxylation is 2. The molecule has 1 amide bonds. The minimum Gasteiger partial charge on any atom is -0.497 e. The summed E-state index contributed by atoms with van der Waals surface area (Å²) < 4.78 is 7.21. The molecule has 0 radical (unpaired) electrons. The second kappa shape index (κ2) is 25.1. The number of benzene rings is 4. The molecule has 4 aromatic carbocycles. The summed E-state index contributed by atoms with van der Waals surface area (Å²) in [7, 11) is 5.60. The predicted octanol–water partition coefficient (Wildman–Crippen LogP) is 7.40. The molecule has 0 fully saturated rings. The van der Waals surface area contributed by atoms with E-state index in [2.05, 4.69) is 66.2 Å². The van der Waals surface area contributed by atoms with Crippen LogP contribution in [0.2, 0.25) is 0 Å². The molecule has 1 atom stereocenters.